The van der Waals surface area contributed by atoms with E-state index in [1.165, 1.54) is 6.92 Å². The molecule has 0 amide bonds. The van der Waals surface area contributed by atoms with Crippen molar-refractivity contribution >= 4 is 17.4 Å². The second kappa shape index (κ2) is 2.99. The summed E-state index contributed by atoms with van der Waals surface area (Å²) in [5, 5.41) is -0.486. The number of halogens is 1. The van der Waals surface area contributed by atoms with Crippen LogP contribution in [0.1, 0.15) is 6.92 Å². The summed E-state index contributed by atoms with van der Waals surface area (Å²) in [6.07, 6.45) is 0. The van der Waals surface area contributed by atoms with Crippen molar-refractivity contribution in [1.82, 2.24) is 0 Å². The van der Waals surface area contributed by atoms with E-state index in [1.54, 1.807) is 0 Å². The lowest BCUT2D eigenvalue weighted by molar-refractivity contribution is -0.116. The third-order valence-electron chi connectivity index (χ3n) is 0.648. The van der Waals surface area contributed by atoms with Gasteiger partial charge in [-0.2, -0.15) is 0 Å². The molecule has 0 aliphatic carbocycles. The zero-order chi connectivity index (χ0) is 5.86. The fourth-order valence-electron chi connectivity index (χ4n) is 0.166. The third kappa shape index (κ3) is 2.60. The second-order valence-electron chi connectivity index (χ2n) is 1.31. The summed E-state index contributed by atoms with van der Waals surface area (Å²) in [6, 6.07) is 0. The van der Waals surface area contributed by atoms with Crippen molar-refractivity contribution in [2.75, 3.05) is 6.54 Å². The standard InChI is InChI=1S/C4H8ClNO/c1-3(7)4(5)2-6/h4H,2,6H2,1H3. The maximum Gasteiger partial charge on any atom is 0.148 e. The Labute approximate surface area is 47.6 Å². The monoisotopic (exact) mass is 121 g/mol. The molecule has 0 saturated heterocycles. The van der Waals surface area contributed by atoms with Crippen molar-refractivity contribution < 1.29 is 4.79 Å². The van der Waals surface area contributed by atoms with Crippen LogP contribution >= 0.6 is 11.6 Å². The molecule has 0 rings (SSSR count). The van der Waals surface area contributed by atoms with E-state index in [2.05, 4.69) is 0 Å². The number of Topliss-reactive ketones (excluding diaryl/α,β-unsaturated/α-hetero) is 1. The Morgan fingerprint density at radius 3 is 2.43 bits per heavy atom. The van der Waals surface area contributed by atoms with Gasteiger partial charge in [-0.25, -0.2) is 0 Å². The molecule has 0 spiro atoms. The molecular weight excluding hydrogens is 114 g/mol. The molecule has 0 aromatic heterocycles. The summed E-state index contributed by atoms with van der Waals surface area (Å²) in [7, 11) is 0. The number of rotatable bonds is 2. The van der Waals surface area contributed by atoms with Gasteiger partial charge in [0, 0.05) is 6.54 Å². The molecule has 0 radical (unpaired) electrons. The number of hydrogen-bond donors (Lipinski definition) is 1. The highest BCUT2D eigenvalue weighted by Gasteiger charge is 2.04. The van der Waals surface area contributed by atoms with Crippen LogP contribution in [-0.4, -0.2) is 17.7 Å². The summed E-state index contributed by atoms with van der Waals surface area (Å²) in [4.78, 5) is 10.2. The van der Waals surface area contributed by atoms with Crippen LogP contribution in [0.15, 0.2) is 0 Å². The molecule has 0 heterocycles. The summed E-state index contributed by atoms with van der Waals surface area (Å²) >= 11 is 5.33. The first-order valence-corrected chi connectivity index (χ1v) is 2.46. The van der Waals surface area contributed by atoms with Crippen LogP contribution in [0.2, 0.25) is 0 Å². The van der Waals surface area contributed by atoms with Crippen molar-refractivity contribution in [3.8, 4) is 0 Å². The van der Waals surface area contributed by atoms with E-state index in [0.717, 1.165) is 0 Å². The Morgan fingerprint density at radius 1 is 2.00 bits per heavy atom. The molecule has 0 saturated carbocycles. The highest BCUT2D eigenvalue weighted by Crippen LogP contribution is 1.91. The van der Waals surface area contributed by atoms with Crippen molar-refractivity contribution in [3.63, 3.8) is 0 Å². The minimum absolute atomic E-state index is 0.0656. The van der Waals surface area contributed by atoms with Crippen LogP contribution in [0.5, 0.6) is 0 Å². The number of alkyl halides is 1. The lowest BCUT2D eigenvalue weighted by Crippen LogP contribution is -2.21. The summed E-state index contributed by atoms with van der Waals surface area (Å²) in [5.74, 6) is -0.0656. The largest absolute Gasteiger partial charge is 0.329 e. The van der Waals surface area contributed by atoms with Gasteiger partial charge >= 0.3 is 0 Å². The molecule has 7 heavy (non-hydrogen) atoms. The normalized spacial score (nSPS) is 13.6. The Kier molecular flexibility index (Phi) is 2.96. The minimum atomic E-state index is -0.486. The molecule has 0 fully saturated rings. The van der Waals surface area contributed by atoms with Gasteiger partial charge in [-0.05, 0) is 6.92 Å². The molecule has 42 valence electrons. The van der Waals surface area contributed by atoms with E-state index < -0.39 is 5.38 Å². The van der Waals surface area contributed by atoms with Gasteiger partial charge in [0.1, 0.15) is 11.2 Å². The van der Waals surface area contributed by atoms with Gasteiger partial charge in [0.25, 0.3) is 0 Å². The number of nitrogens with two attached hydrogens (primary N) is 1. The molecule has 0 aliphatic rings. The molecule has 0 bridgehead atoms. The fraction of sp³-hybridized carbons (Fsp3) is 0.750. The molecule has 3 heteroatoms. The maximum absolute atomic E-state index is 10.2. The van der Waals surface area contributed by atoms with E-state index >= 15 is 0 Å². The summed E-state index contributed by atoms with van der Waals surface area (Å²) in [6.45, 7) is 1.65. The number of hydrogen-bond acceptors (Lipinski definition) is 2. The van der Waals surface area contributed by atoms with E-state index in [4.69, 9.17) is 17.3 Å². The molecule has 1 atom stereocenters. The van der Waals surface area contributed by atoms with Crippen LogP contribution in [0.4, 0.5) is 0 Å². The zero-order valence-corrected chi connectivity index (χ0v) is 4.90. The van der Waals surface area contributed by atoms with E-state index in [9.17, 15) is 4.79 Å². The number of ketones is 1. The Balaban J connectivity index is 3.34. The van der Waals surface area contributed by atoms with Crippen molar-refractivity contribution in [1.29, 1.82) is 0 Å². The average molecular weight is 122 g/mol. The highest BCUT2D eigenvalue weighted by atomic mass is 35.5. The smallest absolute Gasteiger partial charge is 0.148 e. The fourth-order valence-corrected chi connectivity index (χ4v) is 0.166. The first-order valence-electron chi connectivity index (χ1n) is 2.03. The quantitative estimate of drug-likeness (QED) is 0.529. The van der Waals surface area contributed by atoms with Gasteiger partial charge in [0.15, 0.2) is 0 Å². The van der Waals surface area contributed by atoms with Crippen LogP contribution in [0.25, 0.3) is 0 Å². The first-order chi connectivity index (χ1) is 3.18. The lowest BCUT2D eigenvalue weighted by Gasteiger charge is -1.95. The average Bonchev–Trinajstić information content (AvgIpc) is 1.65. The zero-order valence-electron chi connectivity index (χ0n) is 4.15. The molecule has 2 N–H and O–H groups in total. The van der Waals surface area contributed by atoms with Crippen LogP contribution in [-0.2, 0) is 4.79 Å². The van der Waals surface area contributed by atoms with Crippen molar-refractivity contribution in [2.24, 2.45) is 5.73 Å². The topological polar surface area (TPSA) is 43.1 Å². The molecular formula is C4H8ClNO. The van der Waals surface area contributed by atoms with Gasteiger partial charge in [0.05, 0.1) is 0 Å². The van der Waals surface area contributed by atoms with E-state index in [1.807, 2.05) is 0 Å². The van der Waals surface area contributed by atoms with Crippen LogP contribution in [0.3, 0.4) is 0 Å². The minimum Gasteiger partial charge on any atom is -0.329 e. The molecule has 0 aromatic carbocycles. The van der Waals surface area contributed by atoms with E-state index in [0.29, 0.717) is 0 Å². The predicted molar refractivity (Wildman–Crippen MR) is 29.4 cm³/mol. The summed E-state index contributed by atoms with van der Waals surface area (Å²) in [5.41, 5.74) is 5.02. The highest BCUT2D eigenvalue weighted by molar-refractivity contribution is 6.30. The van der Waals surface area contributed by atoms with Gasteiger partial charge in [-0.15, -0.1) is 11.6 Å². The molecule has 0 aromatic rings. The Morgan fingerprint density at radius 2 is 2.43 bits per heavy atom. The Bertz CT molecular complexity index is 74.1. The van der Waals surface area contributed by atoms with Gasteiger partial charge in [0.2, 0.25) is 0 Å². The SMILES string of the molecule is CC(=O)C(Cl)CN. The van der Waals surface area contributed by atoms with Gasteiger partial charge in [-0.1, -0.05) is 0 Å². The van der Waals surface area contributed by atoms with Gasteiger partial charge in [-0.3, -0.25) is 4.79 Å². The van der Waals surface area contributed by atoms with Crippen LogP contribution < -0.4 is 5.73 Å². The predicted octanol–water partition coefficient (Wildman–Crippen LogP) is 0.142. The van der Waals surface area contributed by atoms with Crippen molar-refractivity contribution in [2.45, 2.75) is 12.3 Å². The van der Waals surface area contributed by atoms with Crippen molar-refractivity contribution in [3.05, 3.63) is 0 Å². The molecule has 0 aliphatic heterocycles. The summed E-state index contributed by atoms with van der Waals surface area (Å²) < 4.78 is 0. The molecule has 1 unspecified atom stereocenters. The second-order valence-corrected chi connectivity index (χ2v) is 1.84. The number of carbonyl (C=O) groups excluding carboxylic acids is 1. The first kappa shape index (κ1) is 6.92. The van der Waals surface area contributed by atoms with Crippen LogP contribution in [0, 0.1) is 0 Å². The van der Waals surface area contributed by atoms with Gasteiger partial charge < -0.3 is 5.73 Å². The maximum atomic E-state index is 10.2. The third-order valence-corrected chi connectivity index (χ3v) is 1.13. The lowest BCUT2D eigenvalue weighted by atomic mass is 10.3. The Hall–Kier alpha value is -0.0800. The number of carbonyl (C=O) groups is 1. The van der Waals surface area contributed by atoms with E-state index in [-0.39, 0.29) is 12.3 Å². The molecule has 2 nitrogen and oxygen atoms in total.